The van der Waals surface area contributed by atoms with Crippen molar-refractivity contribution >= 4 is 34.6 Å². The number of benzene rings is 2. The molecule has 1 atom stereocenters. The fourth-order valence-corrected chi connectivity index (χ4v) is 3.69. The smallest absolute Gasteiger partial charge is 0.227 e. The maximum Gasteiger partial charge on any atom is 0.227 e. The molecule has 0 saturated carbocycles. The third-order valence-corrected chi connectivity index (χ3v) is 5.14. The molecule has 1 amide bonds. The molecule has 2 aromatic rings. The first-order valence-electron chi connectivity index (χ1n) is 9.55. The molecule has 0 bridgehead atoms. The van der Waals surface area contributed by atoms with Crippen LogP contribution < -0.4 is 15.5 Å². The summed E-state index contributed by atoms with van der Waals surface area (Å²) in [7, 11) is 0. The molecule has 1 aliphatic heterocycles. The molecule has 1 heterocycles. The Labute approximate surface area is 167 Å². The van der Waals surface area contributed by atoms with Crippen LogP contribution in [-0.2, 0) is 11.2 Å². The Balaban J connectivity index is 1.55. The summed E-state index contributed by atoms with van der Waals surface area (Å²) in [5.74, 6) is 0.200. The highest BCUT2D eigenvalue weighted by Crippen LogP contribution is 2.28. The number of thiocarbonyl (C=S) groups is 1. The van der Waals surface area contributed by atoms with Crippen LogP contribution in [0.5, 0.6) is 0 Å². The van der Waals surface area contributed by atoms with E-state index < -0.39 is 0 Å². The van der Waals surface area contributed by atoms with Gasteiger partial charge in [0.1, 0.15) is 0 Å². The number of rotatable bonds is 6. The number of amides is 1. The first-order valence-corrected chi connectivity index (χ1v) is 9.96. The standard InChI is InChI=1S/C22H27N3OS/c1-16-10-13-19(15-20(16)25-14-6-9-21(25)26)24-22(27)23-17(2)11-12-18-7-4-3-5-8-18/h3-5,7-8,10,13,15,17H,6,9,11-12,14H2,1-2H3,(H2,23,24,27)/t17-/m1/s1. The van der Waals surface area contributed by atoms with Crippen LogP contribution in [0.4, 0.5) is 11.4 Å². The van der Waals surface area contributed by atoms with E-state index in [9.17, 15) is 4.79 Å². The highest BCUT2D eigenvalue weighted by molar-refractivity contribution is 7.80. The van der Waals surface area contributed by atoms with Crippen molar-refractivity contribution in [1.82, 2.24) is 5.32 Å². The molecule has 0 radical (unpaired) electrons. The number of nitrogens with one attached hydrogen (secondary N) is 2. The number of hydrogen-bond acceptors (Lipinski definition) is 2. The van der Waals surface area contributed by atoms with E-state index in [1.807, 2.05) is 36.1 Å². The lowest BCUT2D eigenvalue weighted by Gasteiger charge is -2.21. The van der Waals surface area contributed by atoms with Crippen molar-refractivity contribution in [2.24, 2.45) is 0 Å². The minimum atomic E-state index is 0.200. The molecule has 2 N–H and O–H groups in total. The van der Waals surface area contributed by atoms with Crippen molar-refractivity contribution < 1.29 is 4.79 Å². The average Bonchev–Trinajstić information content (AvgIpc) is 3.08. The molecule has 0 spiro atoms. The fraction of sp³-hybridized carbons (Fsp3) is 0.364. The number of anilines is 2. The summed E-state index contributed by atoms with van der Waals surface area (Å²) < 4.78 is 0. The molecule has 27 heavy (non-hydrogen) atoms. The number of hydrogen-bond donors (Lipinski definition) is 2. The summed E-state index contributed by atoms with van der Waals surface area (Å²) in [6, 6.07) is 16.8. The first-order chi connectivity index (χ1) is 13.0. The van der Waals surface area contributed by atoms with Crippen LogP contribution >= 0.6 is 12.2 Å². The molecule has 1 fully saturated rings. The van der Waals surface area contributed by atoms with Gasteiger partial charge < -0.3 is 15.5 Å². The van der Waals surface area contributed by atoms with Crippen molar-refractivity contribution in [3.8, 4) is 0 Å². The van der Waals surface area contributed by atoms with Gasteiger partial charge >= 0.3 is 0 Å². The molecule has 142 valence electrons. The summed E-state index contributed by atoms with van der Waals surface area (Å²) in [5.41, 5.74) is 4.32. The highest BCUT2D eigenvalue weighted by atomic mass is 32.1. The minimum absolute atomic E-state index is 0.200. The molecular formula is C22H27N3OS. The molecule has 2 aromatic carbocycles. The molecule has 0 aromatic heterocycles. The van der Waals surface area contributed by atoms with Gasteiger partial charge in [0.05, 0.1) is 0 Å². The predicted molar refractivity (Wildman–Crippen MR) is 116 cm³/mol. The van der Waals surface area contributed by atoms with E-state index in [1.165, 1.54) is 5.56 Å². The van der Waals surface area contributed by atoms with Gasteiger partial charge in [-0.2, -0.15) is 0 Å². The lowest BCUT2D eigenvalue weighted by Crippen LogP contribution is -2.36. The largest absolute Gasteiger partial charge is 0.360 e. The molecule has 3 rings (SSSR count). The Morgan fingerprint density at radius 1 is 1.22 bits per heavy atom. The van der Waals surface area contributed by atoms with Crippen molar-refractivity contribution in [2.75, 3.05) is 16.8 Å². The van der Waals surface area contributed by atoms with Crippen LogP contribution in [0.15, 0.2) is 48.5 Å². The normalized spacial score (nSPS) is 14.9. The van der Waals surface area contributed by atoms with E-state index in [2.05, 4.69) is 41.8 Å². The van der Waals surface area contributed by atoms with E-state index in [0.717, 1.165) is 42.7 Å². The van der Waals surface area contributed by atoms with Crippen molar-refractivity contribution in [2.45, 2.75) is 45.6 Å². The van der Waals surface area contributed by atoms with Gasteiger partial charge in [0, 0.05) is 30.4 Å². The number of nitrogens with zero attached hydrogens (tertiary/aromatic N) is 1. The van der Waals surface area contributed by atoms with Gasteiger partial charge in [-0.25, -0.2) is 0 Å². The van der Waals surface area contributed by atoms with Crippen LogP contribution in [0.3, 0.4) is 0 Å². The van der Waals surface area contributed by atoms with Gasteiger partial charge in [-0.05, 0) is 68.6 Å². The minimum Gasteiger partial charge on any atom is -0.360 e. The maximum atomic E-state index is 12.1. The predicted octanol–water partition coefficient (Wildman–Crippen LogP) is 4.43. The Morgan fingerprint density at radius 2 is 2.00 bits per heavy atom. The molecular weight excluding hydrogens is 354 g/mol. The van der Waals surface area contributed by atoms with Crippen LogP contribution in [-0.4, -0.2) is 23.6 Å². The van der Waals surface area contributed by atoms with E-state index in [0.29, 0.717) is 11.5 Å². The van der Waals surface area contributed by atoms with Crippen molar-refractivity contribution in [1.29, 1.82) is 0 Å². The lowest BCUT2D eigenvalue weighted by molar-refractivity contribution is -0.117. The topological polar surface area (TPSA) is 44.4 Å². The van der Waals surface area contributed by atoms with Crippen LogP contribution in [0.1, 0.15) is 37.3 Å². The fourth-order valence-electron chi connectivity index (χ4n) is 3.37. The maximum absolute atomic E-state index is 12.1. The third-order valence-electron chi connectivity index (χ3n) is 4.92. The van der Waals surface area contributed by atoms with Gasteiger partial charge in [0.15, 0.2) is 5.11 Å². The molecule has 5 heteroatoms. The zero-order chi connectivity index (χ0) is 19.2. The van der Waals surface area contributed by atoms with Gasteiger partial charge in [0.2, 0.25) is 5.91 Å². The second-order valence-electron chi connectivity index (χ2n) is 7.17. The van der Waals surface area contributed by atoms with E-state index in [1.54, 1.807) is 0 Å². The molecule has 1 aliphatic rings. The zero-order valence-corrected chi connectivity index (χ0v) is 16.8. The SMILES string of the molecule is Cc1ccc(NC(=S)N[C@H](C)CCc2ccccc2)cc1N1CCCC1=O. The lowest BCUT2D eigenvalue weighted by atomic mass is 10.1. The van der Waals surface area contributed by atoms with Crippen LogP contribution in [0.2, 0.25) is 0 Å². The van der Waals surface area contributed by atoms with Gasteiger partial charge in [-0.15, -0.1) is 0 Å². The quantitative estimate of drug-likeness (QED) is 0.727. The molecule has 1 saturated heterocycles. The van der Waals surface area contributed by atoms with Crippen molar-refractivity contribution in [3.63, 3.8) is 0 Å². The second kappa shape index (κ2) is 9.00. The molecule has 0 aliphatic carbocycles. The Kier molecular flexibility index (Phi) is 6.45. The summed E-state index contributed by atoms with van der Waals surface area (Å²) >= 11 is 5.47. The number of aryl methyl sites for hydroxylation is 2. The Morgan fingerprint density at radius 3 is 2.70 bits per heavy atom. The molecule has 4 nitrogen and oxygen atoms in total. The number of carbonyl (C=O) groups is 1. The zero-order valence-electron chi connectivity index (χ0n) is 16.0. The summed E-state index contributed by atoms with van der Waals surface area (Å²) in [4.78, 5) is 13.9. The van der Waals surface area contributed by atoms with Crippen LogP contribution in [0.25, 0.3) is 0 Å². The van der Waals surface area contributed by atoms with Gasteiger partial charge in [-0.1, -0.05) is 36.4 Å². The van der Waals surface area contributed by atoms with E-state index in [4.69, 9.17) is 12.2 Å². The van der Waals surface area contributed by atoms with E-state index in [-0.39, 0.29) is 11.9 Å². The number of carbonyl (C=O) groups excluding carboxylic acids is 1. The Hall–Kier alpha value is -2.40. The second-order valence-corrected chi connectivity index (χ2v) is 7.58. The summed E-state index contributed by atoms with van der Waals surface area (Å²) in [6.45, 7) is 4.97. The first kappa shape index (κ1) is 19.4. The monoisotopic (exact) mass is 381 g/mol. The summed E-state index contributed by atoms with van der Waals surface area (Å²) in [5, 5.41) is 7.22. The third kappa shape index (κ3) is 5.30. The average molecular weight is 382 g/mol. The molecule has 0 unspecified atom stereocenters. The highest BCUT2D eigenvalue weighted by Gasteiger charge is 2.23. The van der Waals surface area contributed by atoms with Crippen LogP contribution in [0, 0.1) is 6.92 Å². The Bertz CT molecular complexity index is 806. The van der Waals surface area contributed by atoms with Gasteiger partial charge in [-0.3, -0.25) is 4.79 Å². The summed E-state index contributed by atoms with van der Waals surface area (Å²) in [6.07, 6.45) is 3.58. The van der Waals surface area contributed by atoms with Gasteiger partial charge in [0.25, 0.3) is 0 Å². The van der Waals surface area contributed by atoms with Crippen molar-refractivity contribution in [3.05, 3.63) is 59.7 Å². The van der Waals surface area contributed by atoms with E-state index >= 15 is 0 Å².